The minimum atomic E-state index is -2.74. The number of nitrogens with zero attached hydrogens (tertiary/aromatic N) is 3. The number of carbonyl (C=O) groups is 1. The molecule has 2 aromatic rings. The number of hydrogen-bond donors (Lipinski definition) is 0. The number of rotatable bonds is 5. The molecule has 1 fully saturated rings. The lowest BCUT2D eigenvalue weighted by atomic mass is 10.0. The molecule has 4 rings (SSSR count). The van der Waals surface area contributed by atoms with Gasteiger partial charge in [-0.1, -0.05) is 24.3 Å². The summed E-state index contributed by atoms with van der Waals surface area (Å²) in [4.78, 5) is 14.8. The Morgan fingerprint density at radius 2 is 2.08 bits per heavy atom. The van der Waals surface area contributed by atoms with Crippen LogP contribution in [0.25, 0.3) is 0 Å². The molecule has 1 atom stereocenters. The predicted octanol–water partition coefficient (Wildman–Crippen LogP) is 3.69. The van der Waals surface area contributed by atoms with Gasteiger partial charge in [-0.3, -0.25) is 9.48 Å². The summed E-state index contributed by atoms with van der Waals surface area (Å²) >= 11 is 0. The van der Waals surface area contributed by atoms with Crippen molar-refractivity contribution in [2.24, 2.45) is 7.05 Å². The van der Waals surface area contributed by atoms with Crippen molar-refractivity contribution in [3.63, 3.8) is 0 Å². The van der Waals surface area contributed by atoms with Crippen LogP contribution in [0.2, 0.25) is 0 Å². The van der Waals surface area contributed by atoms with E-state index >= 15 is 0 Å². The van der Waals surface area contributed by atoms with Crippen molar-refractivity contribution in [3.05, 3.63) is 52.8 Å². The molecule has 0 saturated heterocycles. The van der Waals surface area contributed by atoms with Gasteiger partial charge < -0.3 is 4.90 Å². The summed E-state index contributed by atoms with van der Waals surface area (Å²) < 4.78 is 27.8. The molecule has 0 N–H and O–H groups in total. The van der Waals surface area contributed by atoms with Crippen molar-refractivity contribution in [2.45, 2.75) is 44.1 Å². The zero-order valence-electron chi connectivity index (χ0n) is 14.2. The maximum atomic E-state index is 13.2. The molecule has 0 bridgehead atoms. The highest BCUT2D eigenvalue weighted by atomic mass is 19.3. The monoisotopic (exact) mass is 345 g/mol. The van der Waals surface area contributed by atoms with Crippen molar-refractivity contribution >= 4 is 5.91 Å². The van der Waals surface area contributed by atoms with Crippen LogP contribution in [0, 0.1) is 0 Å². The normalized spacial score (nSPS) is 19.3. The number of halogens is 2. The summed E-state index contributed by atoms with van der Waals surface area (Å²) in [6.45, 7) is 0.595. The highest BCUT2D eigenvalue weighted by molar-refractivity contribution is 5.95. The summed E-state index contributed by atoms with van der Waals surface area (Å²) in [5.41, 5.74) is 2.26. The van der Waals surface area contributed by atoms with Crippen LogP contribution in [0.5, 0.6) is 0 Å². The molecular formula is C19H21F2N3O. The number of amides is 1. The average molecular weight is 345 g/mol. The van der Waals surface area contributed by atoms with Crippen molar-refractivity contribution in [1.82, 2.24) is 14.7 Å². The zero-order chi connectivity index (χ0) is 17.6. The molecule has 1 aromatic heterocycles. The molecule has 2 aliphatic rings. The van der Waals surface area contributed by atoms with Gasteiger partial charge in [0, 0.05) is 31.7 Å². The molecule has 0 aliphatic heterocycles. The fraction of sp³-hybridized carbons (Fsp3) is 0.474. The van der Waals surface area contributed by atoms with Crippen LogP contribution in [-0.2, 0) is 13.5 Å². The molecule has 132 valence electrons. The van der Waals surface area contributed by atoms with Crippen molar-refractivity contribution in [1.29, 1.82) is 0 Å². The van der Waals surface area contributed by atoms with Gasteiger partial charge in [-0.25, -0.2) is 8.78 Å². The van der Waals surface area contributed by atoms with Crippen LogP contribution in [-0.4, -0.2) is 33.2 Å². The van der Waals surface area contributed by atoms with E-state index in [4.69, 9.17) is 0 Å². The van der Waals surface area contributed by atoms with Gasteiger partial charge in [0.1, 0.15) is 5.69 Å². The van der Waals surface area contributed by atoms with Crippen LogP contribution in [0.15, 0.2) is 30.5 Å². The van der Waals surface area contributed by atoms with E-state index in [1.54, 1.807) is 11.9 Å². The van der Waals surface area contributed by atoms with Crippen molar-refractivity contribution < 1.29 is 13.6 Å². The molecule has 25 heavy (non-hydrogen) atoms. The highest BCUT2D eigenvalue weighted by Crippen LogP contribution is 2.37. The second kappa shape index (κ2) is 6.24. The number of fused-ring (bicyclic) bond motifs is 1. The smallest absolute Gasteiger partial charge is 0.282 e. The Kier molecular flexibility index (Phi) is 4.06. The Bertz CT molecular complexity index is 798. The maximum Gasteiger partial charge on any atom is 0.282 e. The maximum absolute atomic E-state index is 13.2. The molecule has 0 radical (unpaired) electrons. The Balaban J connectivity index is 1.60. The van der Waals surface area contributed by atoms with Gasteiger partial charge in [0.05, 0.1) is 5.56 Å². The van der Waals surface area contributed by atoms with Crippen LogP contribution in [0.3, 0.4) is 0 Å². The van der Waals surface area contributed by atoms with E-state index in [9.17, 15) is 13.6 Å². The number of carbonyl (C=O) groups excluding carboxylic acids is 1. The quantitative estimate of drug-likeness (QED) is 0.829. The SMILES string of the molecule is Cn1cc(C(=O)N(CC2CCc3ccccc32)C2CC2)c(C(F)F)n1. The molecule has 1 unspecified atom stereocenters. The predicted molar refractivity (Wildman–Crippen MR) is 89.7 cm³/mol. The van der Waals surface area contributed by atoms with E-state index in [1.165, 1.54) is 22.0 Å². The van der Waals surface area contributed by atoms with Gasteiger partial charge in [-0.2, -0.15) is 5.10 Å². The van der Waals surface area contributed by atoms with Gasteiger partial charge >= 0.3 is 0 Å². The van der Waals surface area contributed by atoms with Gasteiger partial charge in [0.25, 0.3) is 12.3 Å². The van der Waals surface area contributed by atoms with E-state index in [-0.39, 0.29) is 23.4 Å². The Morgan fingerprint density at radius 3 is 2.80 bits per heavy atom. The van der Waals surface area contributed by atoms with Crippen LogP contribution in [0.4, 0.5) is 8.78 Å². The van der Waals surface area contributed by atoms with Crippen molar-refractivity contribution in [2.75, 3.05) is 6.54 Å². The lowest BCUT2D eigenvalue weighted by Crippen LogP contribution is -2.36. The molecule has 1 heterocycles. The van der Waals surface area contributed by atoms with E-state index in [1.807, 2.05) is 12.1 Å². The average Bonchev–Trinajstić information content (AvgIpc) is 3.23. The first-order valence-electron chi connectivity index (χ1n) is 8.75. The fourth-order valence-electron chi connectivity index (χ4n) is 3.84. The standard InChI is InChI=1S/C19H21F2N3O/c1-23-11-16(17(22-23)18(20)21)19(25)24(14-8-9-14)10-13-7-6-12-4-2-3-5-15(12)13/h2-5,11,13-14,18H,6-10H2,1H3. The summed E-state index contributed by atoms with van der Waals surface area (Å²) in [5.74, 6) is -0.0253. The van der Waals surface area contributed by atoms with Gasteiger partial charge in [0.15, 0.2) is 0 Å². The first-order chi connectivity index (χ1) is 12.0. The van der Waals surface area contributed by atoms with Crippen LogP contribution < -0.4 is 0 Å². The number of aromatic nitrogens is 2. The molecule has 1 aromatic carbocycles. The highest BCUT2D eigenvalue weighted by Gasteiger charge is 2.38. The first-order valence-corrected chi connectivity index (χ1v) is 8.75. The molecule has 0 spiro atoms. The number of alkyl halides is 2. The third-order valence-corrected chi connectivity index (χ3v) is 5.22. The Morgan fingerprint density at radius 1 is 1.32 bits per heavy atom. The van der Waals surface area contributed by atoms with Crippen molar-refractivity contribution in [3.8, 4) is 0 Å². The molecule has 6 heteroatoms. The lowest BCUT2D eigenvalue weighted by Gasteiger charge is -2.26. The van der Waals surface area contributed by atoms with Gasteiger partial charge in [0.2, 0.25) is 0 Å². The first kappa shape index (κ1) is 16.2. The van der Waals surface area contributed by atoms with Gasteiger partial charge in [-0.05, 0) is 36.8 Å². The summed E-state index contributed by atoms with van der Waals surface area (Å²) in [7, 11) is 1.57. The molecule has 4 nitrogen and oxygen atoms in total. The molecular weight excluding hydrogens is 324 g/mol. The van der Waals surface area contributed by atoms with E-state index in [0.29, 0.717) is 6.54 Å². The van der Waals surface area contributed by atoms with E-state index in [2.05, 4.69) is 17.2 Å². The third-order valence-electron chi connectivity index (χ3n) is 5.22. The molecule has 1 amide bonds. The summed E-state index contributed by atoms with van der Waals surface area (Å²) in [6.07, 6.45) is 2.59. The Hall–Kier alpha value is -2.24. The van der Waals surface area contributed by atoms with Crippen LogP contribution >= 0.6 is 0 Å². The lowest BCUT2D eigenvalue weighted by molar-refractivity contribution is 0.0719. The van der Waals surface area contributed by atoms with E-state index in [0.717, 1.165) is 25.7 Å². The largest absolute Gasteiger partial charge is 0.335 e. The van der Waals surface area contributed by atoms with Crippen LogP contribution in [0.1, 0.15) is 58.8 Å². The minimum Gasteiger partial charge on any atom is -0.335 e. The second-order valence-corrected chi connectivity index (χ2v) is 7.03. The molecule has 1 saturated carbocycles. The number of benzene rings is 1. The number of hydrogen-bond acceptors (Lipinski definition) is 2. The molecule has 2 aliphatic carbocycles. The summed E-state index contributed by atoms with van der Waals surface area (Å²) in [5, 5.41) is 3.78. The topological polar surface area (TPSA) is 38.1 Å². The van der Waals surface area contributed by atoms with E-state index < -0.39 is 12.1 Å². The second-order valence-electron chi connectivity index (χ2n) is 7.03. The van der Waals surface area contributed by atoms with Gasteiger partial charge in [-0.15, -0.1) is 0 Å². The fourth-order valence-corrected chi connectivity index (χ4v) is 3.84. The minimum absolute atomic E-state index is 0.0377. The third kappa shape index (κ3) is 3.05. The zero-order valence-corrected chi connectivity index (χ0v) is 14.2. The summed E-state index contributed by atoms with van der Waals surface area (Å²) in [6, 6.07) is 8.49. The number of aryl methyl sites for hydroxylation is 2. The Labute approximate surface area is 145 Å².